The van der Waals surface area contributed by atoms with E-state index in [1.165, 1.54) is 34.2 Å². The molecule has 1 aromatic carbocycles. The first kappa shape index (κ1) is 12.7. The molecule has 0 fully saturated rings. The molecule has 20 heavy (non-hydrogen) atoms. The van der Waals surface area contributed by atoms with Gasteiger partial charge in [0.1, 0.15) is 19.2 Å². The quantitative estimate of drug-likeness (QED) is 0.797. The van der Waals surface area contributed by atoms with Crippen molar-refractivity contribution >= 4 is 32.6 Å². The van der Waals surface area contributed by atoms with Crippen LogP contribution in [0.2, 0.25) is 0 Å². The zero-order chi connectivity index (χ0) is 13.9. The molecule has 2 heterocycles. The second-order valence-electron chi connectivity index (χ2n) is 4.32. The summed E-state index contributed by atoms with van der Waals surface area (Å²) >= 11 is 1.48. The minimum Gasteiger partial charge on any atom is -0.300 e. The SMILES string of the molecule is CCc1ccc2nc(NC(=O)Cn3cncn3)sc2c1. The maximum Gasteiger partial charge on any atom is 0.247 e. The van der Waals surface area contributed by atoms with Crippen LogP contribution in [0.5, 0.6) is 0 Å². The highest BCUT2D eigenvalue weighted by molar-refractivity contribution is 7.22. The van der Waals surface area contributed by atoms with E-state index in [0.717, 1.165) is 16.6 Å². The summed E-state index contributed by atoms with van der Waals surface area (Å²) in [5.41, 5.74) is 2.17. The van der Waals surface area contributed by atoms with Crippen LogP contribution >= 0.6 is 11.3 Å². The number of thiazole rings is 1. The zero-order valence-corrected chi connectivity index (χ0v) is 11.7. The van der Waals surface area contributed by atoms with Crippen molar-refractivity contribution in [3.05, 3.63) is 36.4 Å². The van der Waals surface area contributed by atoms with E-state index < -0.39 is 0 Å². The van der Waals surface area contributed by atoms with E-state index in [4.69, 9.17) is 0 Å². The van der Waals surface area contributed by atoms with Gasteiger partial charge in [-0.25, -0.2) is 14.6 Å². The van der Waals surface area contributed by atoms with Crippen molar-refractivity contribution in [2.24, 2.45) is 0 Å². The Morgan fingerprint density at radius 1 is 1.45 bits per heavy atom. The van der Waals surface area contributed by atoms with E-state index in [2.05, 4.69) is 39.4 Å². The third-order valence-electron chi connectivity index (χ3n) is 2.88. The fourth-order valence-corrected chi connectivity index (χ4v) is 2.81. The van der Waals surface area contributed by atoms with Gasteiger partial charge in [0.15, 0.2) is 5.13 Å². The van der Waals surface area contributed by atoms with E-state index in [1.807, 2.05) is 6.07 Å². The van der Waals surface area contributed by atoms with Gasteiger partial charge in [-0.1, -0.05) is 24.3 Å². The van der Waals surface area contributed by atoms with Crippen LogP contribution in [0.1, 0.15) is 12.5 Å². The lowest BCUT2D eigenvalue weighted by molar-refractivity contribution is -0.116. The summed E-state index contributed by atoms with van der Waals surface area (Å²) in [4.78, 5) is 20.0. The minimum absolute atomic E-state index is 0.135. The number of hydrogen-bond acceptors (Lipinski definition) is 5. The van der Waals surface area contributed by atoms with Crippen molar-refractivity contribution in [1.29, 1.82) is 0 Å². The first-order chi connectivity index (χ1) is 9.74. The molecule has 2 aromatic heterocycles. The Balaban J connectivity index is 1.75. The van der Waals surface area contributed by atoms with Crippen molar-refractivity contribution in [2.75, 3.05) is 5.32 Å². The highest BCUT2D eigenvalue weighted by Crippen LogP contribution is 2.26. The summed E-state index contributed by atoms with van der Waals surface area (Å²) in [5, 5.41) is 7.29. The molecule has 6 nitrogen and oxygen atoms in total. The monoisotopic (exact) mass is 287 g/mol. The Kier molecular flexibility index (Phi) is 3.42. The molecule has 1 amide bonds. The lowest BCUT2D eigenvalue weighted by Crippen LogP contribution is -2.18. The first-order valence-corrected chi connectivity index (χ1v) is 7.08. The molecule has 0 saturated carbocycles. The van der Waals surface area contributed by atoms with Crippen molar-refractivity contribution in [3.63, 3.8) is 0 Å². The van der Waals surface area contributed by atoms with E-state index >= 15 is 0 Å². The van der Waals surface area contributed by atoms with Gasteiger partial charge in [0.25, 0.3) is 0 Å². The number of anilines is 1. The number of amides is 1. The number of aryl methyl sites for hydroxylation is 1. The second-order valence-corrected chi connectivity index (χ2v) is 5.35. The van der Waals surface area contributed by atoms with Crippen molar-refractivity contribution in [3.8, 4) is 0 Å². The van der Waals surface area contributed by atoms with Gasteiger partial charge in [-0.05, 0) is 24.1 Å². The van der Waals surface area contributed by atoms with Crippen molar-refractivity contribution in [2.45, 2.75) is 19.9 Å². The van der Waals surface area contributed by atoms with Crippen molar-refractivity contribution in [1.82, 2.24) is 19.7 Å². The number of rotatable bonds is 4. The van der Waals surface area contributed by atoms with Gasteiger partial charge in [-0.15, -0.1) is 0 Å². The molecule has 7 heteroatoms. The fraction of sp³-hybridized carbons (Fsp3) is 0.231. The number of aromatic nitrogens is 4. The molecule has 3 aromatic rings. The van der Waals surface area contributed by atoms with Gasteiger partial charge < -0.3 is 5.32 Å². The second kappa shape index (κ2) is 5.38. The van der Waals surface area contributed by atoms with Crippen LogP contribution in [0.25, 0.3) is 10.2 Å². The predicted octanol–water partition coefficient (Wildman–Crippen LogP) is 2.09. The average Bonchev–Trinajstić information content (AvgIpc) is 3.06. The molecule has 0 unspecified atom stereocenters. The van der Waals surface area contributed by atoms with Gasteiger partial charge in [0.2, 0.25) is 5.91 Å². The van der Waals surface area contributed by atoms with E-state index in [9.17, 15) is 4.79 Å². The largest absolute Gasteiger partial charge is 0.300 e. The maximum absolute atomic E-state index is 11.8. The summed E-state index contributed by atoms with van der Waals surface area (Å²) in [6.07, 6.45) is 3.89. The number of fused-ring (bicyclic) bond motifs is 1. The molecule has 0 saturated heterocycles. The molecule has 1 N–H and O–H groups in total. The van der Waals surface area contributed by atoms with Crippen LogP contribution in [0.3, 0.4) is 0 Å². The molecule has 0 bridgehead atoms. The highest BCUT2D eigenvalue weighted by Gasteiger charge is 2.09. The average molecular weight is 287 g/mol. The van der Waals surface area contributed by atoms with E-state index in [-0.39, 0.29) is 12.5 Å². The van der Waals surface area contributed by atoms with Gasteiger partial charge in [-0.3, -0.25) is 4.79 Å². The molecule has 102 valence electrons. The third kappa shape index (κ3) is 2.67. The smallest absolute Gasteiger partial charge is 0.247 e. The maximum atomic E-state index is 11.8. The Bertz CT molecular complexity index is 734. The molecule has 0 aliphatic heterocycles. The van der Waals surface area contributed by atoms with Gasteiger partial charge in [-0.2, -0.15) is 5.10 Å². The Morgan fingerprint density at radius 3 is 3.10 bits per heavy atom. The number of carbonyl (C=O) groups excluding carboxylic acids is 1. The Labute approximate surface area is 119 Å². The first-order valence-electron chi connectivity index (χ1n) is 6.26. The summed E-state index contributed by atoms with van der Waals surface area (Å²) in [5.74, 6) is -0.162. The van der Waals surface area contributed by atoms with Gasteiger partial charge in [0, 0.05) is 0 Å². The number of nitrogens with one attached hydrogen (secondary N) is 1. The lowest BCUT2D eigenvalue weighted by Gasteiger charge is -2.00. The van der Waals surface area contributed by atoms with Crippen molar-refractivity contribution < 1.29 is 4.79 Å². The Hall–Kier alpha value is -2.28. The van der Waals surface area contributed by atoms with Crippen LogP contribution in [0.4, 0.5) is 5.13 Å². The summed E-state index contributed by atoms with van der Waals surface area (Å²) < 4.78 is 2.55. The molecule has 0 radical (unpaired) electrons. The van der Waals surface area contributed by atoms with Crippen LogP contribution in [0.15, 0.2) is 30.9 Å². The molecule has 0 aliphatic carbocycles. The lowest BCUT2D eigenvalue weighted by atomic mass is 10.2. The zero-order valence-electron chi connectivity index (χ0n) is 10.9. The standard InChI is InChI=1S/C13H13N5OS/c1-2-9-3-4-10-11(5-9)20-13(16-10)17-12(19)6-18-8-14-7-15-18/h3-5,7-8H,2,6H2,1H3,(H,16,17,19). The molecule has 0 atom stereocenters. The summed E-state index contributed by atoms with van der Waals surface area (Å²) in [6, 6.07) is 6.15. The normalized spacial score (nSPS) is 10.8. The number of benzene rings is 1. The molecule has 0 aliphatic rings. The fourth-order valence-electron chi connectivity index (χ4n) is 1.86. The molecule has 3 rings (SSSR count). The Morgan fingerprint density at radius 2 is 2.35 bits per heavy atom. The van der Waals surface area contributed by atoms with Crippen LogP contribution in [-0.2, 0) is 17.8 Å². The van der Waals surface area contributed by atoms with E-state index in [0.29, 0.717) is 5.13 Å². The number of carbonyl (C=O) groups is 1. The van der Waals surface area contributed by atoms with Crippen LogP contribution < -0.4 is 5.32 Å². The van der Waals surface area contributed by atoms with Gasteiger partial charge in [0.05, 0.1) is 10.2 Å². The number of nitrogens with zero attached hydrogens (tertiary/aromatic N) is 4. The van der Waals surface area contributed by atoms with E-state index in [1.54, 1.807) is 0 Å². The van der Waals surface area contributed by atoms with Gasteiger partial charge >= 0.3 is 0 Å². The highest BCUT2D eigenvalue weighted by atomic mass is 32.1. The number of hydrogen-bond donors (Lipinski definition) is 1. The predicted molar refractivity (Wildman–Crippen MR) is 77.6 cm³/mol. The summed E-state index contributed by atoms with van der Waals surface area (Å²) in [6.45, 7) is 2.25. The molecular formula is C13H13N5OS. The topological polar surface area (TPSA) is 72.7 Å². The molecule has 0 spiro atoms. The summed E-state index contributed by atoms with van der Waals surface area (Å²) in [7, 11) is 0. The minimum atomic E-state index is -0.162. The molecular weight excluding hydrogens is 274 g/mol. The van der Waals surface area contributed by atoms with Crippen LogP contribution in [0, 0.1) is 0 Å². The third-order valence-corrected chi connectivity index (χ3v) is 3.81. The van der Waals surface area contributed by atoms with Crippen LogP contribution in [-0.4, -0.2) is 25.7 Å².